The number of hydrogen-bond donors (Lipinski definition) is 2. The first-order valence-corrected chi connectivity index (χ1v) is 11.0. The zero-order valence-electron chi connectivity index (χ0n) is 18.7. The van der Waals surface area contributed by atoms with Gasteiger partial charge in [-0.05, 0) is 61.2 Å². The quantitative estimate of drug-likeness (QED) is 0.335. The smallest absolute Gasteiger partial charge is 0.306 e. The first-order chi connectivity index (χ1) is 16.0. The van der Waals surface area contributed by atoms with Crippen molar-refractivity contribution in [1.29, 1.82) is 0 Å². The minimum absolute atomic E-state index is 0.0291. The third kappa shape index (κ3) is 7.92. The second kappa shape index (κ2) is 12.2. The molecule has 0 saturated heterocycles. The van der Waals surface area contributed by atoms with E-state index in [9.17, 15) is 14.4 Å². The lowest BCUT2D eigenvalue weighted by Gasteiger charge is -2.11. The van der Waals surface area contributed by atoms with Crippen LogP contribution in [-0.4, -0.2) is 24.4 Å². The van der Waals surface area contributed by atoms with Crippen LogP contribution >= 0.6 is 0 Å². The van der Waals surface area contributed by atoms with E-state index in [-0.39, 0.29) is 30.6 Å². The van der Waals surface area contributed by atoms with Crippen molar-refractivity contribution in [2.24, 2.45) is 0 Å². The number of amides is 2. The summed E-state index contributed by atoms with van der Waals surface area (Å²) < 4.78 is 5.21. The highest BCUT2D eigenvalue weighted by Gasteiger charge is 2.11. The van der Waals surface area contributed by atoms with E-state index < -0.39 is 0 Å². The Morgan fingerprint density at radius 2 is 1.52 bits per heavy atom. The second-order valence-electron chi connectivity index (χ2n) is 7.71. The van der Waals surface area contributed by atoms with Gasteiger partial charge in [0.25, 0.3) is 5.91 Å². The van der Waals surface area contributed by atoms with Crippen LogP contribution in [0, 0.1) is 6.92 Å². The van der Waals surface area contributed by atoms with Crippen molar-refractivity contribution in [2.45, 2.75) is 32.6 Å². The third-order valence-corrected chi connectivity index (χ3v) is 5.07. The van der Waals surface area contributed by atoms with Crippen LogP contribution in [0.3, 0.4) is 0 Å². The lowest BCUT2D eigenvalue weighted by Crippen LogP contribution is -2.16. The molecule has 0 atom stereocenters. The molecule has 2 N–H and O–H groups in total. The fourth-order valence-corrected chi connectivity index (χ4v) is 3.28. The molecule has 33 heavy (non-hydrogen) atoms. The Kier molecular flexibility index (Phi) is 8.77. The maximum atomic E-state index is 12.3. The number of ether oxygens (including phenoxy) is 1. The van der Waals surface area contributed by atoms with Crippen LogP contribution in [0.1, 0.15) is 40.7 Å². The molecule has 3 aromatic carbocycles. The van der Waals surface area contributed by atoms with Crippen LogP contribution < -0.4 is 10.6 Å². The Hall–Kier alpha value is -3.93. The Labute approximate surface area is 194 Å². The zero-order chi connectivity index (χ0) is 23.5. The molecule has 0 aliphatic rings. The van der Waals surface area contributed by atoms with E-state index in [1.807, 2.05) is 43.3 Å². The topological polar surface area (TPSA) is 84.5 Å². The van der Waals surface area contributed by atoms with Gasteiger partial charge in [-0.2, -0.15) is 0 Å². The molecule has 0 bridgehead atoms. The number of carbonyl (C=O) groups excluding carboxylic acids is 3. The highest BCUT2D eigenvalue weighted by Crippen LogP contribution is 2.21. The van der Waals surface area contributed by atoms with E-state index in [0.717, 1.165) is 18.4 Å². The van der Waals surface area contributed by atoms with Crippen molar-refractivity contribution in [1.82, 2.24) is 0 Å². The Bertz CT molecular complexity index is 1080. The molecule has 0 fully saturated rings. The highest BCUT2D eigenvalue weighted by molar-refractivity contribution is 6.04. The molecular weight excluding hydrogens is 416 g/mol. The van der Waals surface area contributed by atoms with Crippen molar-refractivity contribution in [3.05, 3.63) is 95.6 Å². The summed E-state index contributed by atoms with van der Waals surface area (Å²) in [5.74, 6) is -0.845. The van der Waals surface area contributed by atoms with Crippen LogP contribution in [0.4, 0.5) is 11.4 Å². The summed E-state index contributed by atoms with van der Waals surface area (Å²) in [5, 5.41) is 5.65. The van der Waals surface area contributed by atoms with Crippen LogP contribution in [0.25, 0.3) is 0 Å². The first-order valence-electron chi connectivity index (χ1n) is 11.0. The third-order valence-electron chi connectivity index (χ3n) is 5.07. The number of nitrogens with one attached hydrogen (secondary N) is 2. The van der Waals surface area contributed by atoms with E-state index in [4.69, 9.17) is 4.74 Å². The minimum atomic E-state index is -0.381. The van der Waals surface area contributed by atoms with E-state index >= 15 is 0 Å². The number of esters is 1. The average Bonchev–Trinajstić information content (AvgIpc) is 2.83. The lowest BCUT2D eigenvalue weighted by molar-refractivity contribution is -0.144. The van der Waals surface area contributed by atoms with Gasteiger partial charge in [-0.3, -0.25) is 14.4 Å². The van der Waals surface area contributed by atoms with Crippen molar-refractivity contribution >= 4 is 29.2 Å². The number of carbonyl (C=O) groups is 3. The molecule has 3 aromatic rings. The molecule has 0 spiro atoms. The van der Waals surface area contributed by atoms with Gasteiger partial charge in [0.2, 0.25) is 5.91 Å². The van der Waals surface area contributed by atoms with Crippen LogP contribution in [-0.2, 0) is 20.7 Å². The largest absolute Gasteiger partial charge is 0.466 e. The van der Waals surface area contributed by atoms with Crippen molar-refractivity contribution < 1.29 is 19.1 Å². The Morgan fingerprint density at radius 1 is 0.818 bits per heavy atom. The van der Waals surface area contributed by atoms with E-state index in [2.05, 4.69) is 10.6 Å². The number of rotatable bonds is 10. The van der Waals surface area contributed by atoms with Gasteiger partial charge < -0.3 is 15.4 Å². The first kappa shape index (κ1) is 23.7. The molecule has 0 saturated carbocycles. The fourth-order valence-electron chi connectivity index (χ4n) is 3.28. The molecule has 0 aliphatic heterocycles. The standard InChI is InChI=1S/C27H28N2O4/c1-20-19-23(14-15-24(20)29-27(32)22-12-6-3-7-13-22)28-25(30)16-17-26(31)33-18-8-11-21-9-4-2-5-10-21/h2-7,9-10,12-15,19H,8,11,16-18H2,1H3,(H,28,30)(H,29,32). The number of anilines is 2. The molecule has 0 unspecified atom stereocenters. The van der Waals surface area contributed by atoms with Crippen LogP contribution in [0.5, 0.6) is 0 Å². The highest BCUT2D eigenvalue weighted by atomic mass is 16.5. The number of hydrogen-bond acceptors (Lipinski definition) is 4. The van der Waals surface area contributed by atoms with Gasteiger partial charge in [0.1, 0.15) is 0 Å². The molecule has 0 aromatic heterocycles. The summed E-state index contributed by atoms with van der Waals surface area (Å²) in [5.41, 5.74) is 3.86. The van der Waals surface area contributed by atoms with E-state index in [0.29, 0.717) is 23.5 Å². The van der Waals surface area contributed by atoms with Crippen molar-refractivity contribution in [2.75, 3.05) is 17.2 Å². The van der Waals surface area contributed by atoms with Gasteiger partial charge in [0, 0.05) is 23.4 Å². The maximum absolute atomic E-state index is 12.3. The Morgan fingerprint density at radius 3 is 2.21 bits per heavy atom. The molecule has 6 heteroatoms. The van der Waals surface area contributed by atoms with Gasteiger partial charge in [-0.1, -0.05) is 48.5 Å². The minimum Gasteiger partial charge on any atom is -0.466 e. The SMILES string of the molecule is Cc1cc(NC(=O)CCC(=O)OCCCc2ccccc2)ccc1NC(=O)c1ccccc1. The van der Waals surface area contributed by atoms with Gasteiger partial charge in [0.05, 0.1) is 13.0 Å². The maximum Gasteiger partial charge on any atom is 0.306 e. The predicted molar refractivity (Wildman–Crippen MR) is 129 cm³/mol. The molecule has 0 radical (unpaired) electrons. The van der Waals surface area contributed by atoms with Gasteiger partial charge in [-0.25, -0.2) is 0 Å². The number of benzene rings is 3. The molecular formula is C27H28N2O4. The monoisotopic (exact) mass is 444 g/mol. The molecule has 0 aliphatic carbocycles. The molecule has 170 valence electrons. The summed E-state index contributed by atoms with van der Waals surface area (Å²) >= 11 is 0. The molecule has 2 amide bonds. The fraction of sp³-hybridized carbons (Fsp3) is 0.222. The van der Waals surface area contributed by atoms with Gasteiger partial charge in [0.15, 0.2) is 0 Å². The summed E-state index contributed by atoms with van der Waals surface area (Å²) in [6.45, 7) is 2.19. The molecule has 0 heterocycles. The van der Waals surface area contributed by atoms with E-state index in [1.54, 1.807) is 42.5 Å². The van der Waals surface area contributed by atoms with Crippen LogP contribution in [0.15, 0.2) is 78.9 Å². The van der Waals surface area contributed by atoms with Crippen molar-refractivity contribution in [3.8, 4) is 0 Å². The summed E-state index contributed by atoms with van der Waals surface area (Å²) in [7, 11) is 0. The molecule has 6 nitrogen and oxygen atoms in total. The lowest BCUT2D eigenvalue weighted by atomic mass is 10.1. The second-order valence-corrected chi connectivity index (χ2v) is 7.71. The zero-order valence-corrected chi connectivity index (χ0v) is 18.7. The normalized spacial score (nSPS) is 10.3. The predicted octanol–water partition coefficient (Wildman–Crippen LogP) is 5.14. The molecule has 3 rings (SSSR count). The van der Waals surface area contributed by atoms with Gasteiger partial charge in [-0.15, -0.1) is 0 Å². The summed E-state index contributed by atoms with van der Waals surface area (Å²) in [6, 6.07) is 24.2. The van der Waals surface area contributed by atoms with Gasteiger partial charge >= 0.3 is 5.97 Å². The average molecular weight is 445 g/mol. The number of aryl methyl sites for hydroxylation is 2. The van der Waals surface area contributed by atoms with E-state index in [1.165, 1.54) is 5.56 Å². The summed E-state index contributed by atoms with van der Waals surface area (Å²) in [6.07, 6.45) is 1.66. The van der Waals surface area contributed by atoms with Crippen LogP contribution in [0.2, 0.25) is 0 Å². The Balaban J connectivity index is 1.38. The summed E-state index contributed by atoms with van der Waals surface area (Å²) in [4.78, 5) is 36.4. The van der Waals surface area contributed by atoms with Crippen molar-refractivity contribution in [3.63, 3.8) is 0 Å².